The molecule has 27 heavy (non-hydrogen) atoms. The van der Waals surface area contributed by atoms with Gasteiger partial charge in [0.1, 0.15) is 0 Å². The van der Waals surface area contributed by atoms with Gasteiger partial charge in [-0.2, -0.15) is 0 Å². The predicted molar refractivity (Wildman–Crippen MR) is 107 cm³/mol. The lowest BCUT2D eigenvalue weighted by Crippen LogP contribution is -2.14. The highest BCUT2D eigenvalue weighted by Gasteiger charge is 2.15. The molecule has 1 N–H and O–H groups in total. The number of benzene rings is 1. The average Bonchev–Trinajstić information content (AvgIpc) is 3.10. The number of halogens is 1. The maximum absolute atomic E-state index is 12.0. The maximum atomic E-state index is 12.0. The maximum Gasteiger partial charge on any atom is 0.277 e. The largest absolute Gasteiger partial charge is 0.411 e. The van der Waals surface area contributed by atoms with Crippen molar-refractivity contribution in [3.63, 3.8) is 0 Å². The number of thioether (sulfide) groups is 1. The molecule has 2 heterocycles. The number of nitrogens with one attached hydrogen (secondary N) is 1. The normalized spacial score (nSPS) is 11.4. The molecular weight excluding hydrogens is 384 g/mol. The zero-order valence-corrected chi connectivity index (χ0v) is 16.8. The Labute approximate surface area is 166 Å². The number of anilines is 1. The molecular formula is C19H19ClN4O2S. The summed E-state index contributed by atoms with van der Waals surface area (Å²) < 4.78 is 5.64. The van der Waals surface area contributed by atoms with Gasteiger partial charge in [-0.05, 0) is 35.2 Å². The van der Waals surface area contributed by atoms with Crippen LogP contribution in [-0.2, 0) is 10.2 Å². The van der Waals surface area contributed by atoms with E-state index in [-0.39, 0.29) is 22.2 Å². The SMILES string of the molecule is CC(C)(C)c1ccc(-c2nnc(SCC(=O)Nc3cccnc3Cl)o2)cc1. The first-order chi connectivity index (χ1) is 12.8. The van der Waals surface area contributed by atoms with Gasteiger partial charge >= 0.3 is 0 Å². The molecule has 0 aliphatic rings. The van der Waals surface area contributed by atoms with Crippen molar-refractivity contribution in [2.24, 2.45) is 0 Å². The van der Waals surface area contributed by atoms with E-state index in [9.17, 15) is 4.79 Å². The molecule has 1 aromatic carbocycles. The van der Waals surface area contributed by atoms with Gasteiger partial charge in [0.05, 0.1) is 11.4 Å². The summed E-state index contributed by atoms with van der Waals surface area (Å²) in [4.78, 5) is 15.9. The highest BCUT2D eigenvalue weighted by Crippen LogP contribution is 2.27. The fourth-order valence-electron chi connectivity index (χ4n) is 2.29. The molecule has 3 aromatic rings. The number of carbonyl (C=O) groups excluding carboxylic acids is 1. The van der Waals surface area contributed by atoms with Crippen LogP contribution in [0.5, 0.6) is 0 Å². The number of carbonyl (C=O) groups is 1. The standard InChI is InChI=1S/C19H19ClN4O2S/c1-19(2,3)13-8-6-12(7-9-13)17-23-24-18(26-17)27-11-15(25)22-14-5-4-10-21-16(14)20/h4-10H,11H2,1-3H3,(H,22,25). The minimum Gasteiger partial charge on any atom is -0.411 e. The van der Waals surface area contributed by atoms with E-state index in [1.165, 1.54) is 5.56 Å². The number of aromatic nitrogens is 3. The number of nitrogens with zero attached hydrogens (tertiary/aromatic N) is 3. The lowest BCUT2D eigenvalue weighted by Gasteiger charge is -2.18. The second-order valence-electron chi connectivity index (χ2n) is 6.88. The molecule has 140 valence electrons. The lowest BCUT2D eigenvalue weighted by molar-refractivity contribution is -0.113. The van der Waals surface area contributed by atoms with E-state index in [1.54, 1.807) is 18.3 Å². The topological polar surface area (TPSA) is 80.9 Å². The van der Waals surface area contributed by atoms with Crippen molar-refractivity contribution in [2.45, 2.75) is 31.4 Å². The Morgan fingerprint density at radius 1 is 1.19 bits per heavy atom. The van der Waals surface area contributed by atoms with Crippen molar-refractivity contribution >= 4 is 35.0 Å². The fourth-order valence-corrected chi connectivity index (χ4v) is 3.02. The van der Waals surface area contributed by atoms with Crippen LogP contribution in [0.15, 0.2) is 52.2 Å². The summed E-state index contributed by atoms with van der Waals surface area (Å²) in [7, 11) is 0. The molecule has 0 aliphatic carbocycles. The van der Waals surface area contributed by atoms with Crippen molar-refractivity contribution < 1.29 is 9.21 Å². The van der Waals surface area contributed by atoms with Gasteiger partial charge in [-0.1, -0.05) is 56.3 Å². The molecule has 8 heteroatoms. The van der Waals surface area contributed by atoms with Crippen molar-refractivity contribution in [3.05, 3.63) is 53.3 Å². The molecule has 0 aliphatic heterocycles. The van der Waals surface area contributed by atoms with Gasteiger partial charge in [-0.25, -0.2) is 4.98 Å². The smallest absolute Gasteiger partial charge is 0.277 e. The number of hydrogen-bond donors (Lipinski definition) is 1. The Bertz CT molecular complexity index is 935. The number of hydrogen-bond acceptors (Lipinski definition) is 6. The molecule has 0 saturated carbocycles. The van der Waals surface area contributed by atoms with Gasteiger partial charge in [0, 0.05) is 11.8 Å². The van der Waals surface area contributed by atoms with E-state index in [4.69, 9.17) is 16.0 Å². The van der Waals surface area contributed by atoms with E-state index in [0.29, 0.717) is 16.8 Å². The van der Waals surface area contributed by atoms with Crippen LogP contribution in [0.1, 0.15) is 26.3 Å². The molecule has 0 radical (unpaired) electrons. The highest BCUT2D eigenvalue weighted by atomic mass is 35.5. The van der Waals surface area contributed by atoms with Crippen molar-refractivity contribution in [1.29, 1.82) is 0 Å². The quantitative estimate of drug-likeness (QED) is 0.487. The monoisotopic (exact) mass is 402 g/mol. The van der Waals surface area contributed by atoms with Crippen LogP contribution in [0.4, 0.5) is 5.69 Å². The van der Waals surface area contributed by atoms with Crippen LogP contribution in [0.25, 0.3) is 11.5 Å². The molecule has 2 aromatic heterocycles. The molecule has 0 atom stereocenters. The number of rotatable bonds is 5. The molecule has 3 rings (SSSR count). The molecule has 1 amide bonds. The minimum absolute atomic E-state index is 0.0823. The first-order valence-corrected chi connectivity index (χ1v) is 9.67. The second-order valence-corrected chi connectivity index (χ2v) is 8.16. The van der Waals surface area contributed by atoms with Gasteiger partial charge in [0.2, 0.25) is 11.8 Å². The Balaban J connectivity index is 1.59. The van der Waals surface area contributed by atoms with Crippen LogP contribution in [0.2, 0.25) is 5.15 Å². The summed E-state index contributed by atoms with van der Waals surface area (Å²) in [6.07, 6.45) is 1.56. The predicted octanol–water partition coefficient (Wildman–Crippen LogP) is 4.81. The summed E-state index contributed by atoms with van der Waals surface area (Å²) in [6.45, 7) is 6.48. The van der Waals surface area contributed by atoms with E-state index in [2.05, 4.69) is 53.4 Å². The lowest BCUT2D eigenvalue weighted by atomic mass is 9.87. The van der Waals surface area contributed by atoms with E-state index in [1.807, 2.05) is 12.1 Å². The highest BCUT2D eigenvalue weighted by molar-refractivity contribution is 7.99. The van der Waals surface area contributed by atoms with Crippen LogP contribution < -0.4 is 5.32 Å². The minimum atomic E-state index is -0.232. The van der Waals surface area contributed by atoms with Crippen LogP contribution in [-0.4, -0.2) is 26.8 Å². The van der Waals surface area contributed by atoms with Gasteiger partial charge in [-0.15, -0.1) is 10.2 Å². The third-order valence-electron chi connectivity index (χ3n) is 3.76. The van der Waals surface area contributed by atoms with Crippen LogP contribution in [0.3, 0.4) is 0 Å². The number of amides is 1. The fraction of sp³-hybridized carbons (Fsp3) is 0.263. The molecule has 0 saturated heterocycles. The van der Waals surface area contributed by atoms with E-state index in [0.717, 1.165) is 17.3 Å². The van der Waals surface area contributed by atoms with E-state index < -0.39 is 0 Å². The van der Waals surface area contributed by atoms with Gasteiger partial charge in [0.15, 0.2) is 5.15 Å². The summed E-state index contributed by atoms with van der Waals surface area (Å²) in [6, 6.07) is 11.4. The zero-order chi connectivity index (χ0) is 19.4. The third kappa shape index (κ3) is 5.08. The zero-order valence-electron chi connectivity index (χ0n) is 15.2. The summed E-state index contributed by atoms with van der Waals surface area (Å²) in [5.74, 6) is 0.313. The van der Waals surface area contributed by atoms with Gasteiger partial charge in [-0.3, -0.25) is 4.79 Å². The third-order valence-corrected chi connectivity index (χ3v) is 4.88. The summed E-state index contributed by atoms with van der Waals surface area (Å²) in [5, 5.41) is 11.3. The first kappa shape index (κ1) is 19.4. The first-order valence-electron chi connectivity index (χ1n) is 8.30. The molecule has 0 unspecified atom stereocenters. The van der Waals surface area contributed by atoms with Crippen molar-refractivity contribution in [3.8, 4) is 11.5 Å². The second kappa shape index (κ2) is 8.10. The Morgan fingerprint density at radius 2 is 1.93 bits per heavy atom. The Kier molecular flexibility index (Phi) is 5.82. The van der Waals surface area contributed by atoms with Gasteiger partial charge < -0.3 is 9.73 Å². The molecule has 0 spiro atoms. The molecule has 6 nitrogen and oxygen atoms in total. The van der Waals surface area contributed by atoms with Gasteiger partial charge in [0.25, 0.3) is 5.22 Å². The van der Waals surface area contributed by atoms with E-state index >= 15 is 0 Å². The summed E-state index contributed by atoms with van der Waals surface area (Å²) >= 11 is 7.08. The number of pyridine rings is 1. The molecule has 0 fully saturated rings. The van der Waals surface area contributed by atoms with Crippen molar-refractivity contribution in [1.82, 2.24) is 15.2 Å². The average molecular weight is 403 g/mol. The van der Waals surface area contributed by atoms with Crippen molar-refractivity contribution in [2.75, 3.05) is 11.1 Å². The molecule has 0 bridgehead atoms. The van der Waals surface area contributed by atoms with Crippen LogP contribution >= 0.6 is 23.4 Å². The Morgan fingerprint density at radius 3 is 2.59 bits per heavy atom. The Hall–Kier alpha value is -2.38. The summed E-state index contributed by atoms with van der Waals surface area (Å²) in [5.41, 5.74) is 2.62. The van der Waals surface area contributed by atoms with Crippen LogP contribution in [0, 0.1) is 0 Å².